The second kappa shape index (κ2) is 9.86. The molecule has 0 aromatic heterocycles. The smallest absolute Gasteiger partial charge is 0.227 e. The minimum absolute atomic E-state index is 0.0165. The van der Waals surface area contributed by atoms with Crippen LogP contribution in [0.1, 0.15) is 42.4 Å². The molecule has 0 aliphatic carbocycles. The molecule has 0 bridgehead atoms. The van der Waals surface area contributed by atoms with Gasteiger partial charge in [-0.3, -0.25) is 9.59 Å². The molecule has 1 heterocycles. The molecule has 1 atom stereocenters. The van der Waals surface area contributed by atoms with Gasteiger partial charge in [0.1, 0.15) is 5.75 Å². The van der Waals surface area contributed by atoms with E-state index in [4.69, 9.17) is 4.74 Å². The number of benzene rings is 3. The third-order valence-electron chi connectivity index (χ3n) is 6.31. The van der Waals surface area contributed by atoms with Crippen LogP contribution in [0.25, 0.3) is 10.8 Å². The van der Waals surface area contributed by atoms with Gasteiger partial charge in [0.05, 0.1) is 13.0 Å². The van der Waals surface area contributed by atoms with Crippen molar-refractivity contribution < 1.29 is 14.3 Å². The summed E-state index contributed by atoms with van der Waals surface area (Å²) in [5.41, 5.74) is 3.55. The Balaban J connectivity index is 1.25. The molecule has 4 rings (SSSR count). The average molecular weight is 431 g/mol. The Morgan fingerprint density at radius 1 is 1.03 bits per heavy atom. The summed E-state index contributed by atoms with van der Waals surface area (Å²) < 4.78 is 5.27. The number of hydrogen-bond acceptors (Lipinski definition) is 3. The summed E-state index contributed by atoms with van der Waals surface area (Å²) in [7, 11) is 1.65. The Hall–Kier alpha value is -3.34. The second-order valence-corrected chi connectivity index (χ2v) is 8.42. The Labute approximate surface area is 189 Å². The van der Waals surface area contributed by atoms with Gasteiger partial charge in [0.2, 0.25) is 11.8 Å². The van der Waals surface area contributed by atoms with Gasteiger partial charge in [-0.25, -0.2) is 0 Å². The first-order valence-corrected chi connectivity index (χ1v) is 11.2. The van der Waals surface area contributed by atoms with Crippen molar-refractivity contribution in [3.05, 3.63) is 77.4 Å². The van der Waals surface area contributed by atoms with Gasteiger partial charge >= 0.3 is 0 Å². The number of rotatable bonds is 7. The van der Waals surface area contributed by atoms with E-state index in [-0.39, 0.29) is 17.7 Å². The summed E-state index contributed by atoms with van der Waals surface area (Å²) >= 11 is 0. The Morgan fingerprint density at radius 3 is 2.59 bits per heavy atom. The molecule has 3 aromatic rings. The number of ether oxygens (including phenoxy) is 1. The summed E-state index contributed by atoms with van der Waals surface area (Å²) in [6, 6.07) is 20.3. The quantitative estimate of drug-likeness (QED) is 0.564. The van der Waals surface area contributed by atoms with Crippen LogP contribution in [0.15, 0.2) is 60.7 Å². The summed E-state index contributed by atoms with van der Waals surface area (Å²) in [4.78, 5) is 27.1. The van der Waals surface area contributed by atoms with Crippen molar-refractivity contribution in [3.63, 3.8) is 0 Å². The van der Waals surface area contributed by atoms with E-state index >= 15 is 0 Å². The van der Waals surface area contributed by atoms with Crippen molar-refractivity contribution in [2.24, 2.45) is 0 Å². The summed E-state index contributed by atoms with van der Waals surface area (Å²) in [6.07, 6.45) is 2.01. The standard InChI is InChI=1S/C27H30N2O3/c1-19(21-9-10-23-17-25(32-2)12-11-22(23)16-21)27(31)28-14-5-8-26(30)29-15-13-20-6-3-4-7-24(20)18-29/h3-4,6-7,9-12,16-17,19H,5,8,13-15,18H2,1-2H3,(H,28,31)/t19-/m0/s1. The molecule has 5 nitrogen and oxygen atoms in total. The maximum atomic E-state index is 12.6. The van der Waals surface area contributed by atoms with Crippen LogP contribution < -0.4 is 10.1 Å². The molecule has 5 heteroatoms. The van der Waals surface area contributed by atoms with Crippen molar-refractivity contribution in [1.29, 1.82) is 0 Å². The lowest BCUT2D eigenvalue weighted by molar-refractivity contribution is -0.132. The van der Waals surface area contributed by atoms with Gasteiger partial charge in [-0.05, 0) is 59.4 Å². The fourth-order valence-electron chi connectivity index (χ4n) is 4.26. The largest absolute Gasteiger partial charge is 0.497 e. The van der Waals surface area contributed by atoms with Crippen LogP contribution in [0.5, 0.6) is 5.75 Å². The van der Waals surface area contributed by atoms with E-state index in [2.05, 4.69) is 29.6 Å². The second-order valence-electron chi connectivity index (χ2n) is 8.42. The van der Waals surface area contributed by atoms with E-state index in [1.807, 2.05) is 48.2 Å². The van der Waals surface area contributed by atoms with E-state index in [0.29, 0.717) is 25.9 Å². The van der Waals surface area contributed by atoms with Crippen LogP contribution in [0.2, 0.25) is 0 Å². The van der Waals surface area contributed by atoms with Crippen LogP contribution in [0, 0.1) is 0 Å². The molecule has 1 N–H and O–H groups in total. The van der Waals surface area contributed by atoms with E-state index in [0.717, 1.165) is 35.1 Å². The molecule has 3 aromatic carbocycles. The number of nitrogens with one attached hydrogen (secondary N) is 1. The minimum Gasteiger partial charge on any atom is -0.497 e. The molecule has 0 saturated heterocycles. The van der Waals surface area contributed by atoms with Gasteiger partial charge in [-0.1, -0.05) is 48.5 Å². The van der Waals surface area contributed by atoms with Crippen LogP contribution in [-0.2, 0) is 22.6 Å². The molecular formula is C27H30N2O3. The number of amides is 2. The topological polar surface area (TPSA) is 58.6 Å². The van der Waals surface area contributed by atoms with Crippen LogP contribution in [-0.4, -0.2) is 36.9 Å². The fourth-order valence-corrected chi connectivity index (χ4v) is 4.26. The van der Waals surface area contributed by atoms with Gasteiger partial charge in [0, 0.05) is 26.1 Å². The third kappa shape index (κ3) is 4.93. The minimum atomic E-state index is -0.254. The van der Waals surface area contributed by atoms with E-state index in [1.54, 1.807) is 7.11 Å². The summed E-state index contributed by atoms with van der Waals surface area (Å²) in [6.45, 7) is 3.87. The first-order chi connectivity index (χ1) is 15.5. The number of methoxy groups -OCH3 is 1. The Morgan fingerprint density at radius 2 is 1.78 bits per heavy atom. The zero-order valence-electron chi connectivity index (χ0n) is 18.8. The van der Waals surface area contributed by atoms with Crippen LogP contribution in [0.4, 0.5) is 0 Å². The van der Waals surface area contributed by atoms with Gasteiger partial charge in [-0.2, -0.15) is 0 Å². The highest BCUT2D eigenvalue weighted by molar-refractivity contribution is 5.88. The highest BCUT2D eigenvalue weighted by Gasteiger charge is 2.20. The summed E-state index contributed by atoms with van der Waals surface area (Å²) in [5.74, 6) is 0.708. The van der Waals surface area contributed by atoms with Gasteiger partial charge < -0.3 is 15.0 Å². The van der Waals surface area contributed by atoms with Gasteiger partial charge in [0.15, 0.2) is 0 Å². The van der Waals surface area contributed by atoms with Crippen molar-refractivity contribution in [2.45, 2.75) is 38.6 Å². The highest BCUT2D eigenvalue weighted by Crippen LogP contribution is 2.25. The molecule has 166 valence electrons. The lowest BCUT2D eigenvalue weighted by Gasteiger charge is -2.29. The fraction of sp³-hybridized carbons (Fsp3) is 0.333. The molecule has 1 aliphatic heterocycles. The number of fused-ring (bicyclic) bond motifs is 2. The lowest BCUT2D eigenvalue weighted by atomic mass is 9.97. The molecule has 0 saturated carbocycles. The lowest BCUT2D eigenvalue weighted by Crippen LogP contribution is -2.36. The Bertz CT molecular complexity index is 1120. The monoisotopic (exact) mass is 430 g/mol. The predicted octanol–water partition coefficient (Wildman–Crippen LogP) is 4.43. The molecule has 0 radical (unpaired) electrons. The first kappa shape index (κ1) is 21.9. The first-order valence-electron chi connectivity index (χ1n) is 11.2. The number of carbonyl (C=O) groups is 2. The number of hydrogen-bond donors (Lipinski definition) is 1. The highest BCUT2D eigenvalue weighted by atomic mass is 16.5. The molecule has 0 unspecified atom stereocenters. The SMILES string of the molecule is COc1ccc2cc([C@H](C)C(=O)NCCCC(=O)N3CCc4ccccc4C3)ccc2c1. The molecule has 0 spiro atoms. The average Bonchev–Trinajstić information content (AvgIpc) is 2.84. The summed E-state index contributed by atoms with van der Waals surface area (Å²) in [5, 5.41) is 5.15. The molecule has 1 aliphatic rings. The zero-order chi connectivity index (χ0) is 22.5. The van der Waals surface area contributed by atoms with E-state index in [1.165, 1.54) is 11.1 Å². The van der Waals surface area contributed by atoms with Crippen molar-refractivity contribution in [2.75, 3.05) is 20.2 Å². The normalized spacial score (nSPS) is 14.0. The predicted molar refractivity (Wildman–Crippen MR) is 127 cm³/mol. The zero-order valence-corrected chi connectivity index (χ0v) is 18.8. The maximum Gasteiger partial charge on any atom is 0.227 e. The van der Waals surface area contributed by atoms with Crippen molar-refractivity contribution in [1.82, 2.24) is 10.2 Å². The van der Waals surface area contributed by atoms with E-state index in [9.17, 15) is 9.59 Å². The Kier molecular flexibility index (Phi) is 6.74. The van der Waals surface area contributed by atoms with Crippen LogP contribution >= 0.6 is 0 Å². The molecule has 32 heavy (non-hydrogen) atoms. The number of carbonyl (C=O) groups excluding carboxylic acids is 2. The molecule has 2 amide bonds. The van der Waals surface area contributed by atoms with Gasteiger partial charge in [-0.15, -0.1) is 0 Å². The van der Waals surface area contributed by atoms with E-state index < -0.39 is 0 Å². The number of nitrogens with zero attached hydrogens (tertiary/aromatic N) is 1. The third-order valence-corrected chi connectivity index (χ3v) is 6.31. The van der Waals surface area contributed by atoms with Crippen molar-refractivity contribution >= 4 is 22.6 Å². The van der Waals surface area contributed by atoms with Crippen LogP contribution in [0.3, 0.4) is 0 Å². The van der Waals surface area contributed by atoms with Crippen molar-refractivity contribution in [3.8, 4) is 5.75 Å². The molecular weight excluding hydrogens is 400 g/mol. The maximum absolute atomic E-state index is 12.6. The van der Waals surface area contributed by atoms with Gasteiger partial charge in [0.25, 0.3) is 0 Å². The molecule has 0 fully saturated rings.